The van der Waals surface area contributed by atoms with E-state index in [4.69, 9.17) is 23.2 Å². The fourth-order valence-electron chi connectivity index (χ4n) is 5.23. The van der Waals surface area contributed by atoms with Crippen LogP contribution in [0.5, 0.6) is 0 Å². The minimum Gasteiger partial charge on any atom is -0.348 e. The Bertz CT molecular complexity index is 1310. The van der Waals surface area contributed by atoms with Crippen LogP contribution in [-0.2, 0) is 15.0 Å². The zero-order chi connectivity index (χ0) is 23.5. The summed E-state index contributed by atoms with van der Waals surface area (Å²) in [6, 6.07) is 12.7. The number of carbonyl (C=O) groups is 2. The molecule has 33 heavy (non-hydrogen) atoms. The molecule has 3 aromatic rings. The van der Waals surface area contributed by atoms with Crippen molar-refractivity contribution in [2.24, 2.45) is 0 Å². The standard InChI is InChI=1S/C25H18Cl2F2N2O2/c1-12-5-7-14(28)10-16(12)23-25(17-8-6-13(26)9-20(17)30-24(25)33)18(11-21(32)31-23)15-3-2-4-19(27)22(15)29/h2-10,18,23H,11H2,1H3,(H,30,33)(H,31,32)/t18-,23+,25-/m0/s1. The molecule has 8 heteroatoms. The first-order valence-electron chi connectivity index (χ1n) is 10.3. The van der Waals surface area contributed by atoms with Crippen molar-refractivity contribution in [3.8, 4) is 0 Å². The maximum Gasteiger partial charge on any atom is 0.238 e. The summed E-state index contributed by atoms with van der Waals surface area (Å²) in [6.07, 6.45) is -0.155. The molecule has 1 fully saturated rings. The summed E-state index contributed by atoms with van der Waals surface area (Å²) in [5.74, 6) is -2.92. The first kappa shape index (κ1) is 21.9. The molecular weight excluding hydrogens is 469 g/mol. The molecule has 0 saturated carbocycles. The van der Waals surface area contributed by atoms with Crippen LogP contribution in [0.3, 0.4) is 0 Å². The molecule has 0 aliphatic carbocycles. The molecule has 168 valence electrons. The number of carbonyl (C=O) groups excluding carboxylic acids is 2. The molecule has 0 unspecified atom stereocenters. The van der Waals surface area contributed by atoms with E-state index < -0.39 is 34.9 Å². The smallest absolute Gasteiger partial charge is 0.238 e. The molecule has 0 aromatic heterocycles. The topological polar surface area (TPSA) is 58.2 Å². The van der Waals surface area contributed by atoms with Crippen LogP contribution in [0, 0.1) is 18.6 Å². The molecule has 2 N–H and O–H groups in total. The van der Waals surface area contributed by atoms with Crippen LogP contribution >= 0.6 is 23.2 Å². The zero-order valence-corrected chi connectivity index (χ0v) is 18.9. The number of piperidine rings is 1. The van der Waals surface area contributed by atoms with E-state index in [2.05, 4.69) is 10.6 Å². The highest BCUT2D eigenvalue weighted by Gasteiger charge is 2.61. The summed E-state index contributed by atoms with van der Waals surface area (Å²) in [5.41, 5.74) is 0.828. The van der Waals surface area contributed by atoms with Gasteiger partial charge < -0.3 is 10.6 Å². The second kappa shape index (κ2) is 7.82. The Labute approximate surface area is 198 Å². The van der Waals surface area contributed by atoms with Crippen molar-refractivity contribution < 1.29 is 18.4 Å². The van der Waals surface area contributed by atoms with Gasteiger partial charge in [0.1, 0.15) is 17.0 Å². The van der Waals surface area contributed by atoms with Crippen LogP contribution in [0.15, 0.2) is 54.6 Å². The number of anilines is 1. The van der Waals surface area contributed by atoms with Crippen molar-refractivity contribution in [1.82, 2.24) is 5.32 Å². The molecule has 1 spiro atoms. The lowest BCUT2D eigenvalue weighted by Gasteiger charge is -2.46. The van der Waals surface area contributed by atoms with Gasteiger partial charge in [-0.05, 0) is 59.5 Å². The Balaban J connectivity index is 1.86. The highest BCUT2D eigenvalue weighted by molar-refractivity contribution is 6.31. The van der Waals surface area contributed by atoms with Gasteiger partial charge in [0.15, 0.2) is 0 Å². The van der Waals surface area contributed by atoms with Crippen molar-refractivity contribution in [3.63, 3.8) is 0 Å². The molecule has 4 nitrogen and oxygen atoms in total. The van der Waals surface area contributed by atoms with E-state index in [0.29, 0.717) is 27.4 Å². The monoisotopic (exact) mass is 486 g/mol. The van der Waals surface area contributed by atoms with Gasteiger partial charge in [-0.3, -0.25) is 9.59 Å². The summed E-state index contributed by atoms with van der Waals surface area (Å²) in [7, 11) is 0. The fraction of sp³-hybridized carbons (Fsp3) is 0.200. The molecule has 5 rings (SSSR count). The van der Waals surface area contributed by atoms with Gasteiger partial charge >= 0.3 is 0 Å². The second-order valence-electron chi connectivity index (χ2n) is 8.41. The van der Waals surface area contributed by atoms with Crippen LogP contribution in [0.1, 0.15) is 40.6 Å². The summed E-state index contributed by atoms with van der Waals surface area (Å²) in [6.45, 7) is 1.77. The number of aryl methyl sites for hydroxylation is 1. The Morgan fingerprint density at radius 2 is 1.79 bits per heavy atom. The number of hydrogen-bond donors (Lipinski definition) is 2. The summed E-state index contributed by atoms with van der Waals surface area (Å²) in [4.78, 5) is 26.8. The van der Waals surface area contributed by atoms with Crippen LogP contribution in [0.4, 0.5) is 14.5 Å². The van der Waals surface area contributed by atoms with Crippen LogP contribution in [0.25, 0.3) is 0 Å². The third-order valence-electron chi connectivity index (χ3n) is 6.66. The van der Waals surface area contributed by atoms with Gasteiger partial charge in [-0.15, -0.1) is 0 Å². The number of rotatable bonds is 2. The Morgan fingerprint density at radius 3 is 2.58 bits per heavy atom. The maximum atomic E-state index is 15.3. The van der Waals surface area contributed by atoms with E-state index in [1.807, 2.05) is 0 Å². The van der Waals surface area contributed by atoms with E-state index in [9.17, 15) is 14.0 Å². The first-order valence-corrected chi connectivity index (χ1v) is 11.1. The van der Waals surface area contributed by atoms with Crippen LogP contribution < -0.4 is 10.6 Å². The first-order chi connectivity index (χ1) is 15.7. The highest BCUT2D eigenvalue weighted by atomic mass is 35.5. The average molecular weight is 487 g/mol. The molecule has 3 atom stereocenters. The lowest BCUT2D eigenvalue weighted by molar-refractivity contribution is -0.131. The predicted octanol–water partition coefficient (Wildman–Crippen LogP) is 5.81. The van der Waals surface area contributed by atoms with E-state index in [1.165, 1.54) is 24.3 Å². The van der Waals surface area contributed by atoms with Gasteiger partial charge in [-0.2, -0.15) is 0 Å². The molecule has 2 amide bonds. The quantitative estimate of drug-likeness (QED) is 0.479. The van der Waals surface area contributed by atoms with Crippen LogP contribution in [0.2, 0.25) is 10.0 Å². The minimum atomic E-state index is -1.46. The van der Waals surface area contributed by atoms with E-state index >= 15 is 4.39 Å². The predicted molar refractivity (Wildman–Crippen MR) is 123 cm³/mol. The number of halogens is 4. The summed E-state index contributed by atoms with van der Waals surface area (Å²) < 4.78 is 29.7. The molecule has 0 bridgehead atoms. The number of amides is 2. The van der Waals surface area contributed by atoms with Crippen molar-refractivity contribution >= 4 is 40.7 Å². The molecular formula is C25H18Cl2F2N2O2. The summed E-state index contributed by atoms with van der Waals surface area (Å²) in [5, 5.41) is 6.06. The van der Waals surface area contributed by atoms with Gasteiger partial charge in [-0.1, -0.05) is 47.5 Å². The van der Waals surface area contributed by atoms with Crippen molar-refractivity contribution in [2.45, 2.75) is 30.7 Å². The van der Waals surface area contributed by atoms with Gasteiger partial charge in [-0.25, -0.2) is 8.78 Å². The molecule has 1 saturated heterocycles. The lowest BCUT2D eigenvalue weighted by atomic mass is 9.59. The van der Waals surface area contributed by atoms with Crippen molar-refractivity contribution in [1.29, 1.82) is 0 Å². The minimum absolute atomic E-state index is 0.109. The molecule has 0 radical (unpaired) electrons. The van der Waals surface area contributed by atoms with Crippen LogP contribution in [-0.4, -0.2) is 11.8 Å². The maximum absolute atomic E-state index is 15.3. The Hall–Kier alpha value is -2.96. The Morgan fingerprint density at radius 1 is 1.00 bits per heavy atom. The molecule has 2 heterocycles. The SMILES string of the molecule is Cc1ccc(F)cc1[C@H]1NC(=O)C[C@@H](c2cccc(Cl)c2F)[C@]12C(=O)Nc1cc(Cl)ccc12. The van der Waals surface area contributed by atoms with Crippen molar-refractivity contribution in [3.05, 3.63) is 98.5 Å². The van der Waals surface area contributed by atoms with Crippen molar-refractivity contribution in [2.75, 3.05) is 5.32 Å². The number of fused-ring (bicyclic) bond motifs is 2. The number of benzene rings is 3. The zero-order valence-electron chi connectivity index (χ0n) is 17.4. The van der Waals surface area contributed by atoms with Gasteiger partial charge in [0, 0.05) is 23.0 Å². The lowest BCUT2D eigenvalue weighted by Crippen LogP contribution is -2.57. The molecule has 3 aromatic carbocycles. The van der Waals surface area contributed by atoms with Gasteiger partial charge in [0.25, 0.3) is 0 Å². The highest BCUT2D eigenvalue weighted by Crippen LogP contribution is 2.58. The number of hydrogen-bond acceptors (Lipinski definition) is 2. The third kappa shape index (κ3) is 3.23. The summed E-state index contributed by atoms with van der Waals surface area (Å²) >= 11 is 12.3. The Kier molecular flexibility index (Phi) is 5.18. The second-order valence-corrected chi connectivity index (χ2v) is 9.26. The molecule has 2 aliphatic heterocycles. The molecule has 2 aliphatic rings. The normalized spacial score (nSPS) is 23.9. The van der Waals surface area contributed by atoms with E-state index in [1.54, 1.807) is 37.3 Å². The fourth-order valence-corrected chi connectivity index (χ4v) is 5.59. The largest absolute Gasteiger partial charge is 0.348 e. The third-order valence-corrected chi connectivity index (χ3v) is 7.19. The van der Waals surface area contributed by atoms with Gasteiger partial charge in [0.05, 0.1) is 11.1 Å². The number of nitrogens with one attached hydrogen (secondary N) is 2. The van der Waals surface area contributed by atoms with E-state index in [-0.39, 0.29) is 22.9 Å². The van der Waals surface area contributed by atoms with Gasteiger partial charge in [0.2, 0.25) is 11.8 Å². The van der Waals surface area contributed by atoms with E-state index in [0.717, 1.165) is 0 Å². The average Bonchev–Trinajstić information content (AvgIpc) is 3.05.